The summed E-state index contributed by atoms with van der Waals surface area (Å²) >= 11 is 0. The molecule has 0 fully saturated rings. The highest BCUT2D eigenvalue weighted by Gasteiger charge is 2.40. The average Bonchev–Trinajstić information content (AvgIpc) is 3.36. The molecule has 0 radical (unpaired) electrons. The van der Waals surface area contributed by atoms with Crippen molar-refractivity contribution in [3.8, 4) is 55.6 Å². The molecule has 0 bridgehead atoms. The van der Waals surface area contributed by atoms with Crippen LogP contribution in [0, 0.1) is 6.92 Å². The minimum atomic E-state index is 0.0597. The van der Waals surface area contributed by atoms with Gasteiger partial charge in [-0.05, 0) is 145 Å². The summed E-state index contributed by atoms with van der Waals surface area (Å²) < 4.78 is 0. The average molecular weight is 851 g/mol. The Balaban J connectivity index is 1.17. The van der Waals surface area contributed by atoms with Crippen molar-refractivity contribution in [3.05, 3.63) is 223 Å². The van der Waals surface area contributed by atoms with Gasteiger partial charge in [-0.15, -0.1) is 0 Å². The van der Waals surface area contributed by atoms with Crippen LogP contribution in [0.3, 0.4) is 0 Å². The number of fused-ring (bicyclic) bond motifs is 3. The van der Waals surface area contributed by atoms with E-state index in [4.69, 9.17) is 0 Å². The summed E-state index contributed by atoms with van der Waals surface area (Å²) in [5, 5.41) is 3.97. The molecule has 2 nitrogen and oxygen atoms in total. The smallest absolute Gasteiger partial charge is 0.198 e. The molecule has 1 aliphatic heterocycles. The summed E-state index contributed by atoms with van der Waals surface area (Å²) in [6.07, 6.45) is 2.34. The fourth-order valence-corrected chi connectivity index (χ4v) is 10.5. The zero-order valence-corrected chi connectivity index (χ0v) is 38.7. The van der Waals surface area contributed by atoms with E-state index < -0.39 is 0 Å². The molecule has 0 aromatic heterocycles. The van der Waals surface area contributed by atoms with E-state index in [0.29, 0.717) is 0 Å². The number of rotatable bonds is 8. The van der Waals surface area contributed by atoms with Crippen molar-refractivity contribution in [2.75, 3.05) is 10.2 Å². The van der Waals surface area contributed by atoms with Crippen LogP contribution < -0.4 is 21.1 Å². The van der Waals surface area contributed by atoms with E-state index in [1.165, 1.54) is 107 Å². The van der Waals surface area contributed by atoms with Crippen LogP contribution in [0.4, 0.5) is 28.4 Å². The number of nitrogens with zero attached hydrogens (tertiary/aromatic N) is 1. The van der Waals surface area contributed by atoms with Crippen molar-refractivity contribution in [1.29, 1.82) is 0 Å². The van der Waals surface area contributed by atoms with Crippen molar-refractivity contribution in [3.63, 3.8) is 0 Å². The van der Waals surface area contributed by atoms with Gasteiger partial charge in [-0.25, -0.2) is 0 Å². The molecule has 0 spiro atoms. The Morgan fingerprint density at radius 3 is 1.47 bits per heavy atom. The third-order valence-corrected chi connectivity index (χ3v) is 14.5. The van der Waals surface area contributed by atoms with E-state index in [-0.39, 0.29) is 10.8 Å². The lowest BCUT2D eigenvalue weighted by molar-refractivity contribution is 0.332. The molecule has 0 atom stereocenters. The zero-order valence-electron chi connectivity index (χ0n) is 38.7. The highest BCUT2D eigenvalue weighted by atomic mass is 15.2. The molecule has 320 valence electrons. The molecular weight excluding hydrogens is 796 g/mol. The van der Waals surface area contributed by atoms with Crippen LogP contribution in [0.2, 0.25) is 0 Å². The molecule has 2 aliphatic rings. The maximum absolute atomic E-state index is 3.97. The van der Waals surface area contributed by atoms with Gasteiger partial charge in [0, 0.05) is 34.0 Å². The number of aryl methyl sites for hydroxylation is 1. The number of hydrogen-bond acceptors (Lipinski definition) is 2. The minimum absolute atomic E-state index is 0.0597. The van der Waals surface area contributed by atoms with Gasteiger partial charge in [0.05, 0.1) is 0 Å². The summed E-state index contributed by atoms with van der Waals surface area (Å²) in [6, 6.07) is 76.1. The fraction of sp³-hybridized carbons (Fsp3) is 0.143. The normalized spacial score (nSPS) is 14.3. The van der Waals surface area contributed by atoms with Gasteiger partial charge in [-0.2, -0.15) is 0 Å². The first-order valence-electron chi connectivity index (χ1n) is 23.6. The molecule has 0 saturated heterocycles. The molecule has 9 aromatic carbocycles. The first kappa shape index (κ1) is 41.4. The Kier molecular flexibility index (Phi) is 10.4. The monoisotopic (exact) mass is 850 g/mol. The first-order valence-corrected chi connectivity index (χ1v) is 23.6. The van der Waals surface area contributed by atoms with Gasteiger partial charge in [0.2, 0.25) is 0 Å². The second-order valence-corrected chi connectivity index (χ2v) is 19.8. The molecule has 1 aliphatic carbocycles. The Bertz CT molecular complexity index is 3230. The Hall–Kier alpha value is -7.36. The predicted molar refractivity (Wildman–Crippen MR) is 284 cm³/mol. The summed E-state index contributed by atoms with van der Waals surface area (Å²) in [7, 11) is 0.818. The van der Waals surface area contributed by atoms with Crippen molar-refractivity contribution < 1.29 is 0 Å². The molecule has 1 N–H and O–H groups in total. The van der Waals surface area contributed by atoms with E-state index in [1.807, 2.05) is 0 Å². The lowest BCUT2D eigenvalue weighted by atomic mass is 9.55. The van der Waals surface area contributed by atoms with Crippen LogP contribution in [0.25, 0.3) is 55.6 Å². The lowest BCUT2D eigenvalue weighted by Gasteiger charge is -2.44. The molecule has 0 saturated carbocycles. The quantitative estimate of drug-likeness (QED) is 0.153. The topological polar surface area (TPSA) is 15.3 Å². The van der Waals surface area contributed by atoms with Crippen molar-refractivity contribution in [2.45, 2.75) is 58.3 Å². The third-order valence-electron chi connectivity index (χ3n) is 14.5. The maximum atomic E-state index is 3.97. The van der Waals surface area contributed by atoms with Crippen LogP contribution >= 0.6 is 0 Å². The predicted octanol–water partition coefficient (Wildman–Crippen LogP) is 15.6. The molecule has 9 aromatic rings. The number of anilines is 5. The van der Waals surface area contributed by atoms with Crippen molar-refractivity contribution in [1.82, 2.24) is 0 Å². The molecule has 0 unspecified atom stereocenters. The standard InChI is InChI=1S/C63H55BN2/c1-42-26-27-49(45-22-14-8-15-23-45)38-58(42)66-59-41-55-54(62(2,3)34-35-63(55,4)5)40-56(59)64-61-53(36-50(39-60(61)66)46-24-16-9-17-25-46)52-33-30-48(44-20-12-7-13-21-44)37-57(52)65-51-31-28-47(29-32-51)43-18-10-6-11-19-43/h6-33,36-41,64-65H,34-35H2,1-5H3. The fourth-order valence-electron chi connectivity index (χ4n) is 10.5. The zero-order chi connectivity index (χ0) is 45.0. The van der Waals surface area contributed by atoms with E-state index >= 15 is 0 Å². The molecule has 1 heterocycles. The van der Waals surface area contributed by atoms with Crippen LogP contribution in [0.5, 0.6) is 0 Å². The van der Waals surface area contributed by atoms with Crippen LogP contribution in [-0.2, 0) is 10.8 Å². The van der Waals surface area contributed by atoms with Gasteiger partial charge in [0.15, 0.2) is 7.28 Å². The van der Waals surface area contributed by atoms with Gasteiger partial charge in [-0.3, -0.25) is 0 Å². The molecule has 66 heavy (non-hydrogen) atoms. The molecule has 0 amide bonds. The lowest BCUT2D eigenvalue weighted by Crippen LogP contribution is -2.44. The van der Waals surface area contributed by atoms with Crippen molar-refractivity contribution >= 4 is 46.6 Å². The Morgan fingerprint density at radius 1 is 0.409 bits per heavy atom. The Labute approximate surface area is 391 Å². The van der Waals surface area contributed by atoms with Crippen LogP contribution in [0.1, 0.15) is 57.2 Å². The second kappa shape index (κ2) is 16.6. The summed E-state index contributed by atoms with van der Waals surface area (Å²) in [5.74, 6) is 0. The van der Waals surface area contributed by atoms with Gasteiger partial charge >= 0.3 is 0 Å². The second-order valence-electron chi connectivity index (χ2n) is 19.8. The van der Waals surface area contributed by atoms with E-state index in [2.05, 4.69) is 251 Å². The van der Waals surface area contributed by atoms with Gasteiger partial charge in [0.1, 0.15) is 0 Å². The van der Waals surface area contributed by atoms with Gasteiger partial charge in [-0.1, -0.05) is 197 Å². The summed E-state index contributed by atoms with van der Waals surface area (Å²) in [6.45, 7) is 12.1. The summed E-state index contributed by atoms with van der Waals surface area (Å²) in [4.78, 5) is 2.62. The molecule has 3 heteroatoms. The summed E-state index contributed by atoms with van der Waals surface area (Å²) in [5.41, 5.74) is 24.9. The van der Waals surface area contributed by atoms with Crippen molar-refractivity contribution in [2.24, 2.45) is 0 Å². The molecular formula is C63H55BN2. The van der Waals surface area contributed by atoms with Crippen LogP contribution in [0.15, 0.2) is 206 Å². The molecule has 11 rings (SSSR count). The first-order chi connectivity index (χ1) is 32.1. The largest absolute Gasteiger partial charge is 0.355 e. The van der Waals surface area contributed by atoms with Crippen LogP contribution in [-0.4, -0.2) is 7.28 Å². The minimum Gasteiger partial charge on any atom is -0.355 e. The maximum Gasteiger partial charge on any atom is 0.198 e. The SMILES string of the molecule is Cc1ccc(-c2ccccc2)cc1N1c2cc3c(cc2Bc2c(-c4ccc(-c5ccccc5)cc4Nc4ccc(-c5ccccc5)cc4)cc(-c4ccccc4)cc21)C(C)(C)CCC3(C)C. The van der Waals surface area contributed by atoms with E-state index in [1.54, 1.807) is 0 Å². The number of hydrogen-bond donors (Lipinski definition) is 1. The highest BCUT2D eigenvalue weighted by Crippen LogP contribution is 2.50. The number of nitrogens with one attached hydrogen (secondary N) is 1. The van der Waals surface area contributed by atoms with Gasteiger partial charge in [0.25, 0.3) is 0 Å². The Morgan fingerprint density at radius 2 is 0.879 bits per heavy atom. The van der Waals surface area contributed by atoms with Gasteiger partial charge < -0.3 is 10.2 Å². The highest BCUT2D eigenvalue weighted by molar-refractivity contribution is 6.73. The van der Waals surface area contributed by atoms with E-state index in [0.717, 1.165) is 25.1 Å². The number of benzene rings is 9. The van der Waals surface area contributed by atoms with E-state index in [9.17, 15) is 0 Å². The third kappa shape index (κ3) is 7.63.